The molecule has 4 aliphatic carbocycles. The highest BCUT2D eigenvalue weighted by Gasteiger charge is 2.30. The van der Waals surface area contributed by atoms with Crippen LogP contribution in [-0.4, -0.2) is 100 Å². The van der Waals surface area contributed by atoms with E-state index in [1.165, 1.54) is 12.8 Å². The highest BCUT2D eigenvalue weighted by atomic mass is 16.6. The van der Waals surface area contributed by atoms with Gasteiger partial charge in [-0.3, -0.25) is 0 Å². The summed E-state index contributed by atoms with van der Waals surface area (Å²) in [6, 6.07) is 0.449. The largest absolute Gasteiger partial charge is 0.459 e. The summed E-state index contributed by atoms with van der Waals surface area (Å²) in [6.07, 6.45) is 20.0. The van der Waals surface area contributed by atoms with Gasteiger partial charge in [0.25, 0.3) is 0 Å². The number of rotatable bonds is 21. The fraction of sp³-hybridized carbons (Fsp3) is 0.773. The zero-order chi connectivity index (χ0) is 43.0. The van der Waals surface area contributed by atoms with Crippen molar-refractivity contribution in [1.29, 1.82) is 0 Å². The number of hydrogen-bond donors (Lipinski definition) is 4. The Morgan fingerprint density at radius 3 is 0.850 bits per heavy atom. The summed E-state index contributed by atoms with van der Waals surface area (Å²) < 4.78 is 30.6. The Labute approximate surface area is 355 Å². The molecule has 4 aliphatic rings. The molecule has 0 aromatic carbocycles. The van der Waals surface area contributed by atoms with Crippen LogP contribution >= 0.6 is 0 Å². The Morgan fingerprint density at radius 1 is 0.367 bits per heavy atom. The summed E-state index contributed by atoms with van der Waals surface area (Å²) in [5.74, 6) is 1.49. The van der Waals surface area contributed by atoms with Crippen molar-refractivity contribution in [3.8, 4) is 0 Å². The Hall–Kier alpha value is -4.50. The summed E-state index contributed by atoms with van der Waals surface area (Å²) in [5, 5.41) is 11.9. The van der Waals surface area contributed by atoms with Crippen molar-refractivity contribution in [2.75, 3.05) is 39.6 Å². The first kappa shape index (κ1) is 48.2. The van der Waals surface area contributed by atoms with Gasteiger partial charge in [-0.15, -0.1) is 0 Å². The fourth-order valence-corrected chi connectivity index (χ4v) is 9.15. The molecule has 4 fully saturated rings. The van der Waals surface area contributed by atoms with Crippen LogP contribution in [0.2, 0.25) is 0 Å². The number of unbranched alkanes of at least 4 members (excludes halogenated alkanes) is 1. The Morgan fingerprint density at radius 2 is 0.600 bits per heavy atom. The topological polar surface area (TPSA) is 206 Å². The smallest absolute Gasteiger partial charge is 0.407 e. The van der Waals surface area contributed by atoms with Crippen LogP contribution < -0.4 is 21.3 Å². The van der Waals surface area contributed by atoms with Crippen molar-refractivity contribution in [2.45, 2.75) is 153 Å². The lowest BCUT2D eigenvalue weighted by Gasteiger charge is -2.34. The lowest BCUT2D eigenvalue weighted by Crippen LogP contribution is -2.39. The maximum atomic E-state index is 12.4. The second kappa shape index (κ2) is 27.4. The molecule has 4 saturated carbocycles. The average Bonchev–Trinajstić information content (AvgIpc) is 3.25. The molecule has 338 valence electrons. The van der Waals surface area contributed by atoms with Gasteiger partial charge in [-0.25, -0.2) is 28.8 Å². The van der Waals surface area contributed by atoms with Crippen LogP contribution in [0.25, 0.3) is 0 Å². The van der Waals surface area contributed by atoms with E-state index in [1.807, 2.05) is 0 Å². The summed E-state index contributed by atoms with van der Waals surface area (Å²) in [4.78, 5) is 71.0. The van der Waals surface area contributed by atoms with Gasteiger partial charge in [0, 0.05) is 36.3 Å². The van der Waals surface area contributed by atoms with E-state index in [0.29, 0.717) is 36.5 Å². The number of carbonyl (C=O) groups excluding carboxylic acids is 6. The van der Waals surface area contributed by atoms with E-state index >= 15 is 0 Å². The quantitative estimate of drug-likeness (QED) is 0.0394. The van der Waals surface area contributed by atoms with Crippen LogP contribution in [-0.2, 0) is 38.0 Å². The highest BCUT2D eigenvalue weighted by Crippen LogP contribution is 2.37. The third-order valence-corrected chi connectivity index (χ3v) is 12.5. The molecule has 16 heteroatoms. The minimum Gasteiger partial charge on any atom is -0.459 e. The molecule has 60 heavy (non-hydrogen) atoms. The third-order valence-electron chi connectivity index (χ3n) is 12.5. The number of ether oxygens (including phenoxy) is 6. The minimum absolute atomic E-state index is 0.00417. The second-order valence-corrected chi connectivity index (χ2v) is 16.9. The zero-order valence-corrected chi connectivity index (χ0v) is 35.5. The first-order chi connectivity index (χ1) is 29.1. The van der Waals surface area contributed by atoms with Crippen molar-refractivity contribution in [2.24, 2.45) is 23.7 Å². The van der Waals surface area contributed by atoms with E-state index in [1.54, 1.807) is 0 Å². The molecule has 0 aromatic heterocycles. The predicted molar refractivity (Wildman–Crippen MR) is 222 cm³/mol. The average molecular weight is 847 g/mol. The molecule has 0 aromatic rings. The van der Waals surface area contributed by atoms with Crippen LogP contribution in [0.3, 0.4) is 0 Å². The molecule has 0 radical (unpaired) electrons. The lowest BCUT2D eigenvalue weighted by atomic mass is 9.76. The van der Waals surface area contributed by atoms with Crippen LogP contribution in [0.4, 0.5) is 19.2 Å². The van der Waals surface area contributed by atoms with Gasteiger partial charge in [0.05, 0.1) is 13.2 Å². The summed E-state index contributed by atoms with van der Waals surface area (Å²) in [5.41, 5.74) is 0. The summed E-state index contributed by atoms with van der Waals surface area (Å²) in [7, 11) is 0. The van der Waals surface area contributed by atoms with E-state index in [9.17, 15) is 28.8 Å². The predicted octanol–water partition coefficient (Wildman–Crippen LogP) is 7.15. The number of amides is 4. The van der Waals surface area contributed by atoms with Crippen molar-refractivity contribution in [1.82, 2.24) is 21.3 Å². The fourth-order valence-electron chi connectivity index (χ4n) is 9.15. The highest BCUT2D eigenvalue weighted by molar-refractivity contribution is 5.81. The van der Waals surface area contributed by atoms with E-state index in [2.05, 4.69) is 34.4 Å². The van der Waals surface area contributed by atoms with Gasteiger partial charge >= 0.3 is 36.3 Å². The maximum absolute atomic E-state index is 12.4. The SMILES string of the molecule is C=CC(=O)OCCOC(=O)NC1CCC(CC2CCC(NC(=O)OCCCCOC(=O)NC3CCC(CC4CCC(NC(=O)OCCOC(=O)C=C)CC4)CC3)CC2)CC1. The lowest BCUT2D eigenvalue weighted by molar-refractivity contribution is -0.139. The van der Waals surface area contributed by atoms with Gasteiger partial charge in [0.2, 0.25) is 0 Å². The standard InChI is InChI=1S/C44H70N4O12/c1-3-39(49)55-25-27-59-43(53)47-37-19-11-33(12-20-37)29-31-7-15-35(16-8-31)45-41(51)57-23-5-6-24-58-42(52)46-36-17-9-32(10-18-36)30-34-13-21-38(22-14-34)48-44(54)60-28-26-56-40(50)4-2/h3-4,31-38H,1-2,5-30H2,(H,45,51)(H,46,52)(H,47,53)(H,48,54). The van der Waals surface area contributed by atoms with Crippen molar-refractivity contribution >= 4 is 36.3 Å². The van der Waals surface area contributed by atoms with E-state index in [-0.39, 0.29) is 76.0 Å². The number of alkyl carbamates (subject to hydrolysis) is 4. The normalized spacial score (nSPS) is 26.5. The zero-order valence-electron chi connectivity index (χ0n) is 35.5. The minimum atomic E-state index is -0.545. The first-order valence-corrected chi connectivity index (χ1v) is 22.4. The van der Waals surface area contributed by atoms with E-state index < -0.39 is 24.1 Å². The molecule has 0 saturated heterocycles. The molecule has 4 N–H and O–H groups in total. The molecule has 0 spiro atoms. The first-order valence-electron chi connectivity index (χ1n) is 22.4. The molecule has 0 atom stereocenters. The van der Waals surface area contributed by atoms with Gasteiger partial charge in [-0.05, 0) is 152 Å². The Balaban J connectivity index is 0.924. The molecular formula is C44H70N4O12. The number of esters is 2. The molecule has 4 rings (SSSR count). The number of nitrogens with one attached hydrogen (secondary N) is 4. The van der Waals surface area contributed by atoms with E-state index in [4.69, 9.17) is 28.4 Å². The van der Waals surface area contributed by atoms with Gasteiger partial charge in [0.1, 0.15) is 26.4 Å². The molecule has 0 bridgehead atoms. The molecule has 0 heterocycles. The molecule has 4 amide bonds. The summed E-state index contributed by atoms with van der Waals surface area (Å²) >= 11 is 0. The van der Waals surface area contributed by atoms with Crippen LogP contribution in [0.15, 0.2) is 25.3 Å². The van der Waals surface area contributed by atoms with Gasteiger partial charge in [-0.1, -0.05) is 13.2 Å². The van der Waals surface area contributed by atoms with E-state index in [0.717, 1.165) is 115 Å². The van der Waals surface area contributed by atoms with Crippen LogP contribution in [0.5, 0.6) is 0 Å². The van der Waals surface area contributed by atoms with Crippen molar-refractivity contribution < 1.29 is 57.2 Å². The maximum Gasteiger partial charge on any atom is 0.407 e. The Bertz CT molecular complexity index is 1260. The monoisotopic (exact) mass is 846 g/mol. The van der Waals surface area contributed by atoms with Crippen molar-refractivity contribution in [3.05, 3.63) is 25.3 Å². The van der Waals surface area contributed by atoms with Crippen molar-refractivity contribution in [3.63, 3.8) is 0 Å². The Kier molecular flexibility index (Phi) is 22.0. The summed E-state index contributed by atoms with van der Waals surface area (Å²) in [6.45, 7) is 7.22. The van der Waals surface area contributed by atoms with Crippen LogP contribution in [0, 0.1) is 23.7 Å². The van der Waals surface area contributed by atoms with Crippen LogP contribution in [0.1, 0.15) is 128 Å². The third kappa shape index (κ3) is 19.7. The molecule has 16 nitrogen and oxygen atoms in total. The molecular weight excluding hydrogens is 776 g/mol. The number of hydrogen-bond acceptors (Lipinski definition) is 12. The number of carbonyl (C=O) groups is 6. The second-order valence-electron chi connectivity index (χ2n) is 16.9. The van der Waals surface area contributed by atoms with Gasteiger partial charge < -0.3 is 49.7 Å². The van der Waals surface area contributed by atoms with Gasteiger partial charge in [-0.2, -0.15) is 0 Å². The van der Waals surface area contributed by atoms with Gasteiger partial charge in [0.15, 0.2) is 0 Å². The molecule has 0 unspecified atom stereocenters. The molecule has 0 aliphatic heterocycles.